The lowest BCUT2D eigenvalue weighted by atomic mass is 10.2. The molecule has 7 heteroatoms. The average molecular weight is 336 g/mol. The second kappa shape index (κ2) is 5.07. The van der Waals surface area contributed by atoms with Crippen LogP contribution in [0, 0.1) is 6.92 Å². The first-order valence-electron chi connectivity index (χ1n) is 6.57. The van der Waals surface area contributed by atoms with Crippen molar-refractivity contribution in [3.8, 4) is 11.4 Å². The minimum absolute atomic E-state index is 0.288. The molecule has 2 heterocycles. The van der Waals surface area contributed by atoms with Gasteiger partial charge in [-0.25, -0.2) is 18.4 Å². The number of aromatic nitrogens is 3. The summed E-state index contributed by atoms with van der Waals surface area (Å²) in [6.07, 6.45) is 1.19. The van der Waals surface area contributed by atoms with E-state index in [2.05, 4.69) is 9.97 Å². The molecule has 0 atom stereocenters. The van der Waals surface area contributed by atoms with Crippen LogP contribution >= 0.6 is 11.6 Å². The van der Waals surface area contributed by atoms with Crippen LogP contribution in [0.25, 0.3) is 22.4 Å². The molecule has 3 rings (SSSR count). The first-order chi connectivity index (χ1) is 10.3. The third-order valence-corrected chi connectivity index (χ3v) is 4.88. The Labute approximate surface area is 133 Å². The number of imidazole rings is 1. The fraction of sp³-hybridized carbons (Fsp3) is 0.200. The van der Waals surface area contributed by atoms with Crippen molar-refractivity contribution in [2.75, 3.05) is 6.26 Å². The molecule has 5 nitrogen and oxygen atoms in total. The number of hydrogen-bond acceptors (Lipinski definition) is 4. The predicted molar refractivity (Wildman–Crippen MR) is 86.8 cm³/mol. The van der Waals surface area contributed by atoms with Gasteiger partial charge in [0.1, 0.15) is 16.5 Å². The van der Waals surface area contributed by atoms with Gasteiger partial charge in [0.05, 0.1) is 16.1 Å². The normalized spacial score (nSPS) is 12.0. The molecule has 0 N–H and O–H groups in total. The molecule has 0 aliphatic carbocycles. The minimum atomic E-state index is -3.20. The molecule has 0 aliphatic rings. The lowest BCUT2D eigenvalue weighted by molar-refractivity contribution is 0.602. The van der Waals surface area contributed by atoms with Crippen molar-refractivity contribution in [1.82, 2.24) is 14.5 Å². The number of halogens is 1. The van der Waals surface area contributed by atoms with E-state index in [0.29, 0.717) is 5.15 Å². The molecular formula is C15H14ClN3O2S. The van der Waals surface area contributed by atoms with Crippen molar-refractivity contribution in [2.24, 2.45) is 7.05 Å². The fourth-order valence-corrected chi connectivity index (χ4v) is 3.27. The van der Waals surface area contributed by atoms with Gasteiger partial charge in [-0.1, -0.05) is 11.6 Å². The lowest BCUT2D eigenvalue weighted by Crippen LogP contribution is -1.97. The second-order valence-corrected chi connectivity index (χ2v) is 7.59. The van der Waals surface area contributed by atoms with E-state index in [4.69, 9.17) is 11.6 Å². The van der Waals surface area contributed by atoms with Gasteiger partial charge < -0.3 is 4.57 Å². The molecule has 0 saturated heterocycles. The molecule has 0 fully saturated rings. The Bertz CT molecular complexity index is 976. The molecule has 0 bridgehead atoms. The third-order valence-electron chi connectivity index (χ3n) is 3.55. The van der Waals surface area contributed by atoms with Crippen molar-refractivity contribution in [3.05, 3.63) is 41.2 Å². The van der Waals surface area contributed by atoms with Gasteiger partial charge in [0, 0.05) is 24.9 Å². The third kappa shape index (κ3) is 2.48. The smallest absolute Gasteiger partial charge is 0.175 e. The molecule has 2 aromatic heterocycles. The summed E-state index contributed by atoms with van der Waals surface area (Å²) in [6.45, 7) is 1.86. The van der Waals surface area contributed by atoms with Crippen LogP contribution in [-0.2, 0) is 16.9 Å². The number of sulfone groups is 1. The van der Waals surface area contributed by atoms with Gasteiger partial charge in [0.2, 0.25) is 0 Å². The molecule has 1 aromatic carbocycles. The highest BCUT2D eigenvalue weighted by molar-refractivity contribution is 7.90. The molecule has 0 unspecified atom stereocenters. The summed E-state index contributed by atoms with van der Waals surface area (Å²) in [7, 11) is -1.31. The maximum absolute atomic E-state index is 11.5. The van der Waals surface area contributed by atoms with Gasteiger partial charge >= 0.3 is 0 Å². The van der Waals surface area contributed by atoms with Crippen molar-refractivity contribution >= 4 is 32.5 Å². The van der Waals surface area contributed by atoms with Gasteiger partial charge in [-0.15, -0.1) is 0 Å². The Balaban J connectivity index is 2.18. The van der Waals surface area contributed by atoms with E-state index >= 15 is 0 Å². The van der Waals surface area contributed by atoms with E-state index < -0.39 is 9.84 Å². The number of hydrogen-bond donors (Lipinski definition) is 0. The summed E-state index contributed by atoms with van der Waals surface area (Å²) in [4.78, 5) is 9.10. The zero-order chi connectivity index (χ0) is 16.1. The zero-order valence-corrected chi connectivity index (χ0v) is 13.9. The van der Waals surface area contributed by atoms with Gasteiger partial charge in [-0.2, -0.15) is 0 Å². The Morgan fingerprint density at radius 3 is 2.36 bits per heavy atom. The topological polar surface area (TPSA) is 64.8 Å². The van der Waals surface area contributed by atoms with Crippen molar-refractivity contribution in [2.45, 2.75) is 11.8 Å². The molecule has 114 valence electrons. The van der Waals surface area contributed by atoms with Gasteiger partial charge in [0.25, 0.3) is 0 Å². The summed E-state index contributed by atoms with van der Waals surface area (Å²) in [5.41, 5.74) is 3.27. The van der Waals surface area contributed by atoms with Crippen LogP contribution in [0.15, 0.2) is 35.2 Å². The van der Waals surface area contributed by atoms with E-state index in [-0.39, 0.29) is 4.90 Å². The molecule has 0 radical (unpaired) electrons. The number of aryl methyl sites for hydroxylation is 2. The van der Waals surface area contributed by atoms with E-state index in [1.54, 1.807) is 30.3 Å². The summed E-state index contributed by atoms with van der Waals surface area (Å²) in [6, 6.07) is 8.44. The number of rotatable bonds is 2. The average Bonchev–Trinajstić information content (AvgIpc) is 2.76. The van der Waals surface area contributed by atoms with E-state index in [1.807, 2.05) is 18.5 Å². The molecule has 3 aromatic rings. The van der Waals surface area contributed by atoms with E-state index in [9.17, 15) is 8.42 Å². The number of pyridine rings is 1. The van der Waals surface area contributed by atoms with Gasteiger partial charge in [-0.3, -0.25) is 0 Å². The van der Waals surface area contributed by atoms with E-state index in [1.165, 1.54) is 6.26 Å². The van der Waals surface area contributed by atoms with Crippen molar-refractivity contribution in [3.63, 3.8) is 0 Å². The van der Waals surface area contributed by atoms with Crippen molar-refractivity contribution in [1.29, 1.82) is 0 Å². The SMILES string of the molecule is Cc1nc(Cl)cc2c1nc(-c1ccc(S(C)(=O)=O)cc1)n2C. The van der Waals surface area contributed by atoms with Crippen LogP contribution in [0.4, 0.5) is 0 Å². The van der Waals surface area contributed by atoms with Crippen LogP contribution < -0.4 is 0 Å². The maximum atomic E-state index is 11.5. The molecule has 0 saturated carbocycles. The molecule has 0 amide bonds. The Morgan fingerprint density at radius 1 is 1.14 bits per heavy atom. The zero-order valence-electron chi connectivity index (χ0n) is 12.3. The predicted octanol–water partition coefficient (Wildman–Crippen LogP) is 3.00. The monoisotopic (exact) mass is 335 g/mol. The van der Waals surface area contributed by atoms with Crippen LogP contribution in [0.5, 0.6) is 0 Å². The van der Waals surface area contributed by atoms with Crippen LogP contribution in [-0.4, -0.2) is 29.2 Å². The minimum Gasteiger partial charge on any atom is -0.327 e. The Hall–Kier alpha value is -1.92. The summed E-state index contributed by atoms with van der Waals surface area (Å²) >= 11 is 6.00. The van der Waals surface area contributed by atoms with Crippen LogP contribution in [0.2, 0.25) is 5.15 Å². The Morgan fingerprint density at radius 2 is 1.77 bits per heavy atom. The molecular weight excluding hydrogens is 322 g/mol. The number of fused-ring (bicyclic) bond motifs is 1. The summed E-state index contributed by atoms with van der Waals surface area (Å²) in [5, 5.41) is 0.423. The molecule has 0 spiro atoms. The standard InChI is InChI=1S/C15H14ClN3O2S/c1-9-14-12(8-13(16)17-9)19(2)15(18-14)10-4-6-11(7-5-10)22(3,20)21/h4-8H,1-3H3. The van der Waals surface area contributed by atoms with Crippen LogP contribution in [0.3, 0.4) is 0 Å². The highest BCUT2D eigenvalue weighted by Gasteiger charge is 2.14. The van der Waals surface area contributed by atoms with E-state index in [0.717, 1.165) is 28.1 Å². The quantitative estimate of drug-likeness (QED) is 0.675. The highest BCUT2D eigenvalue weighted by atomic mass is 35.5. The highest BCUT2D eigenvalue weighted by Crippen LogP contribution is 2.27. The fourth-order valence-electron chi connectivity index (χ4n) is 2.41. The molecule has 0 aliphatic heterocycles. The maximum Gasteiger partial charge on any atom is 0.175 e. The largest absolute Gasteiger partial charge is 0.327 e. The molecule has 22 heavy (non-hydrogen) atoms. The second-order valence-electron chi connectivity index (χ2n) is 5.19. The first-order valence-corrected chi connectivity index (χ1v) is 8.84. The first kappa shape index (κ1) is 15.0. The summed E-state index contributed by atoms with van der Waals surface area (Å²) in [5.74, 6) is 0.738. The summed E-state index contributed by atoms with van der Waals surface area (Å²) < 4.78 is 25.0. The van der Waals surface area contributed by atoms with Gasteiger partial charge in [-0.05, 0) is 31.2 Å². The Kier molecular flexibility index (Phi) is 3.45. The van der Waals surface area contributed by atoms with Crippen molar-refractivity contribution < 1.29 is 8.42 Å². The number of benzene rings is 1. The number of nitrogens with zero attached hydrogens (tertiary/aromatic N) is 3. The van der Waals surface area contributed by atoms with Gasteiger partial charge in [0.15, 0.2) is 9.84 Å². The lowest BCUT2D eigenvalue weighted by Gasteiger charge is -2.04. The van der Waals surface area contributed by atoms with Crippen LogP contribution in [0.1, 0.15) is 5.69 Å².